The number of rotatable bonds is 8. The predicted octanol–water partition coefficient (Wildman–Crippen LogP) is 2.96. The van der Waals surface area contributed by atoms with E-state index in [9.17, 15) is 5.11 Å². The third kappa shape index (κ3) is 4.56. The third-order valence-electron chi connectivity index (χ3n) is 4.53. The van der Waals surface area contributed by atoms with Gasteiger partial charge >= 0.3 is 0 Å². The lowest BCUT2D eigenvalue weighted by molar-refractivity contribution is -0.211. The Balaban J connectivity index is 2.31. The van der Waals surface area contributed by atoms with Crippen LogP contribution in [0.4, 0.5) is 0 Å². The van der Waals surface area contributed by atoms with Crippen molar-refractivity contribution in [1.29, 1.82) is 0 Å². The average molecular weight is 333 g/mol. The fraction of sp³-hybridized carbons (Fsp3) is 0.632. The molecule has 2 N–H and O–H groups in total. The smallest absolute Gasteiger partial charge is 0.126 e. The summed E-state index contributed by atoms with van der Waals surface area (Å²) >= 11 is 0. The maximum absolute atomic E-state index is 9.71. The van der Waals surface area contributed by atoms with Gasteiger partial charge in [0.1, 0.15) is 5.60 Å². The van der Waals surface area contributed by atoms with Gasteiger partial charge < -0.3 is 10.5 Å². The van der Waals surface area contributed by atoms with Gasteiger partial charge in [-0.2, -0.15) is 10.2 Å². The van der Waals surface area contributed by atoms with E-state index in [1.807, 2.05) is 24.4 Å². The van der Waals surface area contributed by atoms with E-state index >= 15 is 0 Å². The molecule has 1 aromatic rings. The molecule has 134 valence electrons. The van der Waals surface area contributed by atoms with Crippen LogP contribution in [0.1, 0.15) is 45.6 Å². The summed E-state index contributed by atoms with van der Waals surface area (Å²) in [4.78, 5) is 6.36. The Kier molecular flexibility index (Phi) is 6.38. The summed E-state index contributed by atoms with van der Waals surface area (Å²) in [7, 11) is 1.78. The van der Waals surface area contributed by atoms with Crippen LogP contribution in [0.2, 0.25) is 0 Å². The first kappa shape index (κ1) is 18.9. The van der Waals surface area contributed by atoms with Gasteiger partial charge in [-0.15, -0.1) is 0 Å². The highest BCUT2D eigenvalue weighted by Gasteiger charge is 2.52. The van der Waals surface area contributed by atoms with Crippen molar-refractivity contribution in [3.05, 3.63) is 35.9 Å². The van der Waals surface area contributed by atoms with Crippen LogP contribution in [0.3, 0.4) is 0 Å². The van der Waals surface area contributed by atoms with Gasteiger partial charge in [0.15, 0.2) is 0 Å². The molecule has 2 rings (SSSR count). The van der Waals surface area contributed by atoms with Crippen molar-refractivity contribution in [1.82, 2.24) is 10.5 Å². The Morgan fingerprint density at radius 2 is 2.08 bits per heavy atom. The van der Waals surface area contributed by atoms with Crippen molar-refractivity contribution in [3.8, 4) is 0 Å². The summed E-state index contributed by atoms with van der Waals surface area (Å²) in [5.41, 5.74) is 3.36. The molecular formula is C19H31N3O2. The van der Waals surface area contributed by atoms with Gasteiger partial charge in [-0.05, 0) is 31.2 Å². The fourth-order valence-corrected chi connectivity index (χ4v) is 3.80. The molecule has 5 nitrogen and oxygen atoms in total. The van der Waals surface area contributed by atoms with Crippen LogP contribution in [0.15, 0.2) is 35.4 Å². The Hall–Kier alpha value is -1.43. The van der Waals surface area contributed by atoms with Crippen LogP contribution >= 0.6 is 0 Å². The second-order valence-corrected chi connectivity index (χ2v) is 7.38. The molecule has 0 aliphatic carbocycles. The summed E-state index contributed by atoms with van der Waals surface area (Å²) in [5.74, 6) is 0.516. The van der Waals surface area contributed by atoms with Gasteiger partial charge in [0.2, 0.25) is 0 Å². The molecule has 1 aliphatic rings. The zero-order chi connectivity index (χ0) is 17.6. The summed E-state index contributed by atoms with van der Waals surface area (Å²) in [6.07, 6.45) is 4.32. The number of hydroxylamine groups is 2. The summed E-state index contributed by atoms with van der Waals surface area (Å²) < 4.78 is 0. The number of hydrazone groups is 1. The molecule has 1 heterocycles. The van der Waals surface area contributed by atoms with E-state index in [0.717, 1.165) is 12.8 Å². The molecule has 0 spiro atoms. The molecule has 1 unspecified atom stereocenters. The normalized spacial score (nSPS) is 28.1. The molecule has 0 radical (unpaired) electrons. The fourth-order valence-electron chi connectivity index (χ4n) is 3.80. The molecule has 1 aliphatic heterocycles. The quantitative estimate of drug-likeness (QED) is 0.567. The largest absolute Gasteiger partial charge is 0.396 e. The molecule has 1 saturated heterocycles. The summed E-state index contributed by atoms with van der Waals surface area (Å²) in [5, 5.41) is 16.0. The number of aliphatic hydroxyl groups excluding tert-OH is 1. The molecule has 5 heteroatoms. The van der Waals surface area contributed by atoms with Gasteiger partial charge in [-0.25, -0.2) is 0 Å². The third-order valence-corrected chi connectivity index (χ3v) is 4.53. The number of hydrogen-bond acceptors (Lipinski definition) is 5. The van der Waals surface area contributed by atoms with E-state index in [-0.39, 0.29) is 12.1 Å². The standard InChI is InChI=1S/C19H31N3O2/c1-16(2)12-19(10-11-23)14-18(3,15-21-20-4)24-22(19)13-17-8-6-5-7-9-17/h5-9,15-16,20,23H,10-14H2,1-4H3/b21-15+/t18?,19-/m1/s1. The van der Waals surface area contributed by atoms with Crippen LogP contribution < -0.4 is 5.43 Å². The predicted molar refractivity (Wildman–Crippen MR) is 97.5 cm³/mol. The van der Waals surface area contributed by atoms with Crippen LogP contribution in [0.5, 0.6) is 0 Å². The topological polar surface area (TPSA) is 57.1 Å². The minimum Gasteiger partial charge on any atom is -0.396 e. The highest BCUT2D eigenvalue weighted by molar-refractivity contribution is 5.68. The molecule has 0 saturated carbocycles. The van der Waals surface area contributed by atoms with Crippen LogP contribution in [0.25, 0.3) is 0 Å². The lowest BCUT2D eigenvalue weighted by atomic mass is 9.78. The zero-order valence-corrected chi connectivity index (χ0v) is 15.3. The van der Waals surface area contributed by atoms with Crippen molar-refractivity contribution in [2.45, 2.75) is 57.7 Å². The molecule has 0 amide bonds. The number of nitrogens with one attached hydrogen (secondary N) is 1. The first-order valence-corrected chi connectivity index (χ1v) is 8.75. The second-order valence-electron chi connectivity index (χ2n) is 7.38. The molecule has 1 fully saturated rings. The van der Waals surface area contributed by atoms with Gasteiger partial charge in [-0.3, -0.25) is 4.84 Å². The Labute approximate surface area is 145 Å². The lowest BCUT2D eigenvalue weighted by Crippen LogP contribution is -2.44. The van der Waals surface area contributed by atoms with Crippen LogP contribution in [-0.2, 0) is 11.4 Å². The maximum Gasteiger partial charge on any atom is 0.126 e. The molecule has 0 aromatic heterocycles. The molecule has 0 bridgehead atoms. The minimum atomic E-state index is -0.470. The first-order chi connectivity index (χ1) is 11.4. The van der Waals surface area contributed by atoms with E-state index in [4.69, 9.17) is 4.84 Å². The number of nitrogens with zero attached hydrogens (tertiary/aromatic N) is 2. The van der Waals surface area contributed by atoms with Crippen molar-refractivity contribution in [2.75, 3.05) is 13.7 Å². The summed E-state index contributed by atoms with van der Waals surface area (Å²) in [6, 6.07) is 10.3. The minimum absolute atomic E-state index is 0.153. The van der Waals surface area contributed by atoms with Crippen LogP contribution in [-0.4, -0.2) is 41.2 Å². The van der Waals surface area contributed by atoms with E-state index < -0.39 is 5.60 Å². The highest BCUT2D eigenvalue weighted by Crippen LogP contribution is 2.44. The van der Waals surface area contributed by atoms with Gasteiger partial charge in [0, 0.05) is 26.6 Å². The molecule has 1 aromatic carbocycles. The molecule has 2 atom stereocenters. The number of benzene rings is 1. The second kappa shape index (κ2) is 8.10. The van der Waals surface area contributed by atoms with E-state index in [0.29, 0.717) is 18.9 Å². The van der Waals surface area contributed by atoms with Crippen molar-refractivity contribution in [3.63, 3.8) is 0 Å². The van der Waals surface area contributed by atoms with E-state index in [2.05, 4.69) is 48.5 Å². The maximum atomic E-state index is 9.71. The van der Waals surface area contributed by atoms with Crippen molar-refractivity contribution in [2.24, 2.45) is 11.0 Å². The van der Waals surface area contributed by atoms with Gasteiger partial charge in [0.25, 0.3) is 0 Å². The molecular weight excluding hydrogens is 302 g/mol. The molecule has 24 heavy (non-hydrogen) atoms. The van der Waals surface area contributed by atoms with E-state index in [1.165, 1.54) is 5.56 Å². The highest BCUT2D eigenvalue weighted by atomic mass is 16.7. The lowest BCUT2D eigenvalue weighted by Gasteiger charge is -2.37. The Morgan fingerprint density at radius 1 is 1.38 bits per heavy atom. The van der Waals surface area contributed by atoms with Gasteiger partial charge in [-0.1, -0.05) is 44.2 Å². The van der Waals surface area contributed by atoms with E-state index in [1.54, 1.807) is 7.05 Å². The van der Waals surface area contributed by atoms with Crippen molar-refractivity contribution >= 4 is 6.21 Å². The van der Waals surface area contributed by atoms with Crippen molar-refractivity contribution < 1.29 is 9.94 Å². The number of aliphatic hydroxyl groups is 1. The zero-order valence-electron chi connectivity index (χ0n) is 15.3. The number of hydrogen-bond donors (Lipinski definition) is 2. The Morgan fingerprint density at radius 3 is 2.67 bits per heavy atom. The average Bonchev–Trinajstić information content (AvgIpc) is 2.78. The summed E-state index contributed by atoms with van der Waals surface area (Å²) in [6.45, 7) is 7.36. The first-order valence-electron chi connectivity index (χ1n) is 8.75. The monoisotopic (exact) mass is 333 g/mol. The SMILES string of the molecule is CN/N=C/C1(C)C[C@@](CCO)(CC(C)C)N(Cc2ccccc2)O1. The van der Waals surface area contributed by atoms with Gasteiger partial charge in [0.05, 0.1) is 11.8 Å². The Bertz CT molecular complexity index is 535. The van der Waals surface area contributed by atoms with Crippen LogP contribution in [0, 0.1) is 5.92 Å².